The third-order valence-electron chi connectivity index (χ3n) is 3.70. The van der Waals surface area contributed by atoms with Crippen molar-refractivity contribution < 1.29 is 0 Å². The predicted molar refractivity (Wildman–Crippen MR) is 70.8 cm³/mol. The second-order valence-corrected chi connectivity index (χ2v) is 5.06. The lowest BCUT2D eigenvalue weighted by molar-refractivity contribution is 0.462. The molecule has 7 heteroatoms. The van der Waals surface area contributed by atoms with E-state index < -0.39 is 0 Å². The van der Waals surface area contributed by atoms with Crippen LogP contribution in [0, 0.1) is 0 Å². The molecule has 0 amide bonds. The Morgan fingerprint density at radius 1 is 1.53 bits per heavy atom. The maximum Gasteiger partial charge on any atom is 0.280 e. The van der Waals surface area contributed by atoms with Gasteiger partial charge in [0, 0.05) is 19.6 Å². The Hall–Kier alpha value is -1.76. The van der Waals surface area contributed by atoms with E-state index in [4.69, 9.17) is 0 Å². The Bertz CT molecular complexity index is 625. The molecule has 3 heterocycles. The average molecular weight is 262 g/mol. The van der Waals surface area contributed by atoms with E-state index in [0.717, 1.165) is 19.4 Å². The standard InChI is InChI=1S/C12H18N6O/c1-17-11-10(8-14-17)12(19)18(16-15-11)7-3-5-9-4-2-6-13-9/h8-9,13H,2-7H2,1H3. The molecule has 0 radical (unpaired) electrons. The SMILES string of the molecule is Cn1ncc2c(=O)n(CCCC3CCCN3)nnc21. The fourth-order valence-electron chi connectivity index (χ4n) is 2.61. The Kier molecular flexibility index (Phi) is 3.29. The molecule has 1 saturated heterocycles. The van der Waals surface area contributed by atoms with E-state index in [0.29, 0.717) is 23.6 Å². The lowest BCUT2D eigenvalue weighted by Crippen LogP contribution is -2.26. The Morgan fingerprint density at radius 2 is 2.42 bits per heavy atom. The van der Waals surface area contributed by atoms with Crippen molar-refractivity contribution in [1.82, 2.24) is 30.1 Å². The van der Waals surface area contributed by atoms with Crippen molar-refractivity contribution in [3.63, 3.8) is 0 Å². The second kappa shape index (κ2) is 5.08. The number of nitrogens with one attached hydrogen (secondary N) is 1. The Balaban J connectivity index is 1.70. The average Bonchev–Trinajstić information content (AvgIpc) is 3.03. The van der Waals surface area contributed by atoms with Gasteiger partial charge in [-0.2, -0.15) is 5.10 Å². The minimum Gasteiger partial charge on any atom is -0.314 e. The third-order valence-corrected chi connectivity index (χ3v) is 3.70. The molecule has 0 aromatic carbocycles. The van der Waals surface area contributed by atoms with Crippen LogP contribution in [0.2, 0.25) is 0 Å². The van der Waals surface area contributed by atoms with Gasteiger partial charge in [-0.15, -0.1) is 5.10 Å². The number of rotatable bonds is 4. The van der Waals surface area contributed by atoms with Gasteiger partial charge in [-0.25, -0.2) is 9.36 Å². The topological polar surface area (TPSA) is 77.6 Å². The molecule has 1 atom stereocenters. The van der Waals surface area contributed by atoms with Crippen LogP contribution in [0.3, 0.4) is 0 Å². The number of fused-ring (bicyclic) bond motifs is 1. The van der Waals surface area contributed by atoms with Crippen molar-refractivity contribution in [2.45, 2.75) is 38.3 Å². The normalized spacial score (nSPS) is 19.3. The molecule has 1 fully saturated rings. The maximum absolute atomic E-state index is 12.2. The summed E-state index contributed by atoms with van der Waals surface area (Å²) in [5.74, 6) is 0. The van der Waals surface area contributed by atoms with Crippen molar-refractivity contribution in [2.24, 2.45) is 7.05 Å². The number of aromatic nitrogens is 5. The Labute approximate surface area is 110 Å². The highest BCUT2D eigenvalue weighted by atomic mass is 16.1. The van der Waals surface area contributed by atoms with Gasteiger partial charge in [0.1, 0.15) is 5.39 Å². The van der Waals surface area contributed by atoms with Crippen molar-refractivity contribution in [1.29, 1.82) is 0 Å². The fourth-order valence-corrected chi connectivity index (χ4v) is 2.61. The van der Waals surface area contributed by atoms with Crippen LogP contribution >= 0.6 is 0 Å². The van der Waals surface area contributed by atoms with E-state index >= 15 is 0 Å². The molecule has 1 aliphatic rings. The molecule has 0 bridgehead atoms. The van der Waals surface area contributed by atoms with Gasteiger partial charge in [0.05, 0.1) is 6.20 Å². The van der Waals surface area contributed by atoms with Gasteiger partial charge in [0.2, 0.25) is 0 Å². The highest BCUT2D eigenvalue weighted by Gasteiger charge is 2.14. The first kappa shape index (κ1) is 12.3. The molecule has 0 aliphatic carbocycles. The van der Waals surface area contributed by atoms with E-state index in [9.17, 15) is 4.79 Å². The van der Waals surface area contributed by atoms with Crippen molar-refractivity contribution >= 4 is 11.0 Å². The van der Waals surface area contributed by atoms with E-state index in [1.807, 2.05) is 0 Å². The summed E-state index contributed by atoms with van der Waals surface area (Å²) < 4.78 is 3.01. The smallest absolute Gasteiger partial charge is 0.280 e. The zero-order valence-corrected chi connectivity index (χ0v) is 11.0. The molecule has 102 valence electrons. The summed E-state index contributed by atoms with van der Waals surface area (Å²) in [6, 6.07) is 0.603. The summed E-state index contributed by atoms with van der Waals surface area (Å²) in [5, 5.41) is 16.1. The van der Waals surface area contributed by atoms with Gasteiger partial charge in [0.25, 0.3) is 5.56 Å². The summed E-state index contributed by atoms with van der Waals surface area (Å²) in [6.07, 6.45) is 6.08. The van der Waals surface area contributed by atoms with Crippen LogP contribution in [0.5, 0.6) is 0 Å². The zero-order chi connectivity index (χ0) is 13.2. The Morgan fingerprint density at radius 3 is 3.21 bits per heavy atom. The van der Waals surface area contributed by atoms with E-state index in [1.165, 1.54) is 17.5 Å². The molecule has 1 N–H and O–H groups in total. The minimum absolute atomic E-state index is 0.0996. The maximum atomic E-state index is 12.2. The van der Waals surface area contributed by atoms with Crippen molar-refractivity contribution in [3.8, 4) is 0 Å². The molecular weight excluding hydrogens is 244 g/mol. The first-order valence-corrected chi connectivity index (χ1v) is 6.74. The lowest BCUT2D eigenvalue weighted by atomic mass is 10.1. The number of hydrogen-bond donors (Lipinski definition) is 1. The van der Waals surface area contributed by atoms with Crippen LogP contribution < -0.4 is 10.9 Å². The fraction of sp³-hybridized carbons (Fsp3) is 0.667. The van der Waals surface area contributed by atoms with Gasteiger partial charge in [-0.3, -0.25) is 4.79 Å². The summed E-state index contributed by atoms with van der Waals surface area (Å²) in [5.41, 5.74) is 0.441. The van der Waals surface area contributed by atoms with Gasteiger partial charge in [-0.05, 0) is 32.2 Å². The molecule has 3 rings (SSSR count). The van der Waals surface area contributed by atoms with Crippen LogP contribution in [0.25, 0.3) is 11.0 Å². The molecule has 2 aromatic rings. The monoisotopic (exact) mass is 262 g/mol. The summed E-state index contributed by atoms with van der Waals surface area (Å²) >= 11 is 0. The van der Waals surface area contributed by atoms with Crippen LogP contribution in [0.15, 0.2) is 11.0 Å². The van der Waals surface area contributed by atoms with Crippen LogP contribution in [-0.4, -0.2) is 37.4 Å². The number of hydrogen-bond acceptors (Lipinski definition) is 5. The van der Waals surface area contributed by atoms with Gasteiger partial charge in [0.15, 0.2) is 5.65 Å². The minimum atomic E-state index is -0.0996. The molecule has 7 nitrogen and oxygen atoms in total. The third kappa shape index (κ3) is 2.37. The number of aryl methyl sites for hydroxylation is 2. The largest absolute Gasteiger partial charge is 0.314 e. The highest BCUT2D eigenvalue weighted by molar-refractivity contribution is 5.72. The van der Waals surface area contributed by atoms with Crippen molar-refractivity contribution in [3.05, 3.63) is 16.6 Å². The van der Waals surface area contributed by atoms with Crippen LogP contribution in [0.4, 0.5) is 0 Å². The lowest BCUT2D eigenvalue weighted by Gasteiger charge is -2.09. The molecule has 0 spiro atoms. The molecule has 2 aromatic heterocycles. The molecule has 1 aliphatic heterocycles. The number of nitrogens with zero attached hydrogens (tertiary/aromatic N) is 5. The van der Waals surface area contributed by atoms with Gasteiger partial charge in [-0.1, -0.05) is 5.21 Å². The van der Waals surface area contributed by atoms with Crippen molar-refractivity contribution in [2.75, 3.05) is 6.54 Å². The summed E-state index contributed by atoms with van der Waals surface area (Å²) in [6.45, 7) is 1.74. The molecule has 19 heavy (non-hydrogen) atoms. The molecular formula is C12H18N6O. The quantitative estimate of drug-likeness (QED) is 0.843. The van der Waals surface area contributed by atoms with E-state index in [1.54, 1.807) is 17.9 Å². The molecule has 0 saturated carbocycles. The first-order valence-electron chi connectivity index (χ1n) is 6.74. The first-order chi connectivity index (χ1) is 9.25. The van der Waals surface area contributed by atoms with Crippen LogP contribution in [-0.2, 0) is 13.6 Å². The van der Waals surface area contributed by atoms with Gasteiger partial charge < -0.3 is 5.32 Å². The zero-order valence-electron chi connectivity index (χ0n) is 11.0. The van der Waals surface area contributed by atoms with E-state index in [-0.39, 0.29) is 5.56 Å². The predicted octanol–water partition coefficient (Wildman–Crippen LogP) is 0.0572. The molecule has 1 unspecified atom stereocenters. The van der Waals surface area contributed by atoms with E-state index in [2.05, 4.69) is 20.7 Å². The second-order valence-electron chi connectivity index (χ2n) is 5.06. The summed E-state index contributed by atoms with van der Waals surface area (Å²) in [4.78, 5) is 12.2. The highest BCUT2D eigenvalue weighted by Crippen LogP contribution is 2.11. The summed E-state index contributed by atoms with van der Waals surface area (Å²) in [7, 11) is 1.76. The van der Waals surface area contributed by atoms with Crippen LogP contribution in [0.1, 0.15) is 25.7 Å². The van der Waals surface area contributed by atoms with Gasteiger partial charge >= 0.3 is 0 Å².